The molecular weight excluding hydrogens is 344 g/mol. The van der Waals surface area contributed by atoms with Crippen molar-refractivity contribution in [3.05, 3.63) is 48.5 Å². The Kier molecular flexibility index (Phi) is 4.71. The minimum absolute atomic E-state index is 0.0737. The zero-order valence-electron chi connectivity index (χ0n) is 15.2. The number of nitrogens with one attached hydrogen (secondary N) is 1. The molecule has 2 aliphatic rings. The maximum Gasteiger partial charge on any atom is 0.252 e. The van der Waals surface area contributed by atoms with E-state index in [1.165, 1.54) is 4.90 Å². The largest absolute Gasteiger partial charge is 0.494 e. The molecule has 1 atom stereocenters. The lowest BCUT2D eigenvalue weighted by Gasteiger charge is -2.15. The first-order chi connectivity index (χ1) is 13.1. The number of hydrogen-bond donors (Lipinski definition) is 1. The van der Waals surface area contributed by atoms with Gasteiger partial charge in [0.2, 0.25) is 5.91 Å². The van der Waals surface area contributed by atoms with Crippen molar-refractivity contribution in [1.29, 1.82) is 0 Å². The molecule has 0 aromatic heterocycles. The Morgan fingerprint density at radius 2 is 1.56 bits per heavy atom. The molecule has 1 aliphatic heterocycles. The Hall–Kier alpha value is -3.02. The molecule has 27 heavy (non-hydrogen) atoms. The van der Waals surface area contributed by atoms with Crippen LogP contribution in [0.25, 0.3) is 0 Å². The second-order valence-corrected chi connectivity index (χ2v) is 6.77. The number of imide groups is 1. The third-order valence-electron chi connectivity index (χ3n) is 4.66. The molecule has 0 radical (unpaired) electrons. The summed E-state index contributed by atoms with van der Waals surface area (Å²) in [6.07, 6.45) is 2.09. The van der Waals surface area contributed by atoms with E-state index in [1.54, 1.807) is 0 Å². The number of rotatable bonds is 7. The molecule has 0 bridgehead atoms. The standard InChI is InChI=1S/C21H22N2O4/c1-2-26-16-9-11-18(12-10-16)27-17-7-3-14(4-8-17)22-19-13-20(24)23(21(19)25)15-5-6-15/h3-4,7-12,15,19,22H,2,5-6,13H2,1H3/t19-/m0/s1. The lowest BCUT2D eigenvalue weighted by Crippen LogP contribution is -2.36. The molecule has 2 fully saturated rings. The van der Waals surface area contributed by atoms with Crippen molar-refractivity contribution in [2.45, 2.75) is 38.3 Å². The van der Waals surface area contributed by atoms with Crippen LogP contribution < -0.4 is 14.8 Å². The van der Waals surface area contributed by atoms with Crippen LogP contribution in [0, 0.1) is 0 Å². The molecule has 1 saturated carbocycles. The van der Waals surface area contributed by atoms with Gasteiger partial charge in [-0.05, 0) is 68.3 Å². The number of anilines is 1. The van der Waals surface area contributed by atoms with Crippen molar-refractivity contribution in [2.75, 3.05) is 11.9 Å². The van der Waals surface area contributed by atoms with Gasteiger partial charge in [-0.1, -0.05) is 0 Å². The van der Waals surface area contributed by atoms with Crippen LogP contribution >= 0.6 is 0 Å². The Balaban J connectivity index is 1.36. The molecule has 1 saturated heterocycles. The van der Waals surface area contributed by atoms with Gasteiger partial charge in [-0.2, -0.15) is 0 Å². The molecule has 1 heterocycles. The lowest BCUT2D eigenvalue weighted by atomic mass is 10.2. The van der Waals surface area contributed by atoms with Crippen LogP contribution in [0.3, 0.4) is 0 Å². The van der Waals surface area contributed by atoms with Crippen molar-refractivity contribution in [3.63, 3.8) is 0 Å². The molecule has 4 rings (SSSR count). The van der Waals surface area contributed by atoms with Gasteiger partial charge in [0.15, 0.2) is 0 Å². The van der Waals surface area contributed by atoms with E-state index in [0.717, 1.165) is 30.0 Å². The van der Waals surface area contributed by atoms with Crippen LogP contribution in [0.4, 0.5) is 5.69 Å². The number of nitrogens with zero attached hydrogens (tertiary/aromatic N) is 1. The number of carbonyl (C=O) groups excluding carboxylic acids is 2. The van der Waals surface area contributed by atoms with Crippen molar-refractivity contribution >= 4 is 17.5 Å². The predicted molar refractivity (Wildman–Crippen MR) is 101 cm³/mol. The van der Waals surface area contributed by atoms with Gasteiger partial charge < -0.3 is 14.8 Å². The molecule has 140 valence electrons. The first kappa shape index (κ1) is 17.4. The van der Waals surface area contributed by atoms with Crippen LogP contribution in [0.2, 0.25) is 0 Å². The molecule has 2 aromatic rings. The van der Waals surface area contributed by atoms with Gasteiger partial charge in [-0.3, -0.25) is 14.5 Å². The summed E-state index contributed by atoms with van der Waals surface area (Å²) in [6, 6.07) is 14.4. The van der Waals surface area contributed by atoms with Crippen LogP contribution in [0.15, 0.2) is 48.5 Å². The Bertz CT molecular complexity index is 828. The first-order valence-electron chi connectivity index (χ1n) is 9.27. The van der Waals surface area contributed by atoms with Crippen LogP contribution in [-0.4, -0.2) is 35.4 Å². The number of ether oxygens (including phenoxy) is 2. The highest BCUT2D eigenvalue weighted by Crippen LogP contribution is 2.32. The SMILES string of the molecule is CCOc1ccc(Oc2ccc(N[C@H]3CC(=O)N(C4CC4)C3=O)cc2)cc1. The van der Waals surface area contributed by atoms with Crippen LogP contribution in [0.5, 0.6) is 17.2 Å². The maximum absolute atomic E-state index is 12.4. The molecule has 0 unspecified atom stereocenters. The quantitative estimate of drug-likeness (QED) is 0.759. The van der Waals surface area contributed by atoms with Crippen molar-refractivity contribution in [3.8, 4) is 17.2 Å². The molecule has 1 aliphatic carbocycles. The highest BCUT2D eigenvalue weighted by molar-refractivity contribution is 6.07. The summed E-state index contributed by atoms with van der Waals surface area (Å²) in [7, 11) is 0. The summed E-state index contributed by atoms with van der Waals surface area (Å²) in [6.45, 7) is 2.57. The molecule has 2 aromatic carbocycles. The highest BCUT2D eigenvalue weighted by Gasteiger charge is 2.46. The third kappa shape index (κ3) is 3.89. The van der Waals surface area contributed by atoms with Gasteiger partial charge in [0.25, 0.3) is 5.91 Å². The van der Waals surface area contributed by atoms with Crippen LogP contribution in [0.1, 0.15) is 26.2 Å². The number of benzene rings is 2. The van der Waals surface area contributed by atoms with Gasteiger partial charge in [-0.15, -0.1) is 0 Å². The van der Waals surface area contributed by atoms with Crippen molar-refractivity contribution < 1.29 is 19.1 Å². The maximum atomic E-state index is 12.4. The minimum Gasteiger partial charge on any atom is -0.494 e. The molecule has 1 N–H and O–H groups in total. The fraction of sp³-hybridized carbons (Fsp3) is 0.333. The molecule has 6 heteroatoms. The summed E-state index contributed by atoms with van der Waals surface area (Å²) in [5.41, 5.74) is 0.790. The summed E-state index contributed by atoms with van der Waals surface area (Å²) in [4.78, 5) is 25.8. The van der Waals surface area contributed by atoms with Crippen molar-refractivity contribution in [1.82, 2.24) is 4.90 Å². The van der Waals surface area contributed by atoms with E-state index < -0.39 is 6.04 Å². The second kappa shape index (κ2) is 7.31. The first-order valence-corrected chi connectivity index (χ1v) is 9.27. The average molecular weight is 366 g/mol. The van der Waals surface area contributed by atoms with E-state index in [4.69, 9.17) is 9.47 Å². The number of carbonyl (C=O) groups is 2. The molecule has 0 spiro atoms. The van der Waals surface area contributed by atoms with Crippen LogP contribution in [-0.2, 0) is 9.59 Å². The van der Waals surface area contributed by atoms with Gasteiger partial charge in [0.05, 0.1) is 13.0 Å². The van der Waals surface area contributed by atoms with E-state index in [1.807, 2.05) is 55.5 Å². The topological polar surface area (TPSA) is 67.9 Å². The summed E-state index contributed by atoms with van der Waals surface area (Å²) < 4.78 is 11.2. The van der Waals surface area contributed by atoms with Gasteiger partial charge in [0.1, 0.15) is 23.3 Å². The molecule has 6 nitrogen and oxygen atoms in total. The number of likely N-dealkylation sites (tertiary alicyclic amines) is 1. The van der Waals surface area contributed by atoms with E-state index in [-0.39, 0.29) is 24.3 Å². The minimum atomic E-state index is -0.476. The Morgan fingerprint density at radius 1 is 0.963 bits per heavy atom. The van der Waals surface area contributed by atoms with E-state index in [0.29, 0.717) is 12.4 Å². The van der Waals surface area contributed by atoms with E-state index >= 15 is 0 Å². The third-order valence-corrected chi connectivity index (χ3v) is 4.66. The summed E-state index contributed by atoms with van der Waals surface area (Å²) >= 11 is 0. The summed E-state index contributed by atoms with van der Waals surface area (Å²) in [5, 5.41) is 3.16. The fourth-order valence-electron chi connectivity index (χ4n) is 3.21. The van der Waals surface area contributed by atoms with E-state index in [2.05, 4.69) is 5.32 Å². The highest BCUT2D eigenvalue weighted by atomic mass is 16.5. The predicted octanol–water partition coefficient (Wildman–Crippen LogP) is 3.58. The summed E-state index contributed by atoms with van der Waals surface area (Å²) in [5.74, 6) is 2.03. The Morgan fingerprint density at radius 3 is 2.15 bits per heavy atom. The number of hydrogen-bond acceptors (Lipinski definition) is 5. The van der Waals surface area contributed by atoms with Gasteiger partial charge in [0, 0.05) is 11.7 Å². The van der Waals surface area contributed by atoms with Gasteiger partial charge >= 0.3 is 0 Å². The smallest absolute Gasteiger partial charge is 0.252 e. The molecule has 2 amide bonds. The zero-order valence-corrected chi connectivity index (χ0v) is 15.2. The number of amides is 2. The normalized spacial score (nSPS) is 19.3. The average Bonchev–Trinajstić information content (AvgIpc) is 3.45. The lowest BCUT2D eigenvalue weighted by molar-refractivity contribution is -0.139. The molecular formula is C21H22N2O4. The fourth-order valence-corrected chi connectivity index (χ4v) is 3.21. The Labute approximate surface area is 158 Å². The monoisotopic (exact) mass is 366 g/mol. The van der Waals surface area contributed by atoms with Crippen molar-refractivity contribution in [2.24, 2.45) is 0 Å². The second-order valence-electron chi connectivity index (χ2n) is 6.77. The zero-order chi connectivity index (χ0) is 18.8. The van der Waals surface area contributed by atoms with Gasteiger partial charge in [-0.25, -0.2) is 0 Å². The van der Waals surface area contributed by atoms with E-state index in [9.17, 15) is 9.59 Å².